The third kappa shape index (κ3) is 5.50. The van der Waals surface area contributed by atoms with Gasteiger partial charge in [-0.2, -0.15) is 5.10 Å². The van der Waals surface area contributed by atoms with E-state index in [2.05, 4.69) is 10.5 Å². The monoisotopic (exact) mass is 438 g/mol. The molecule has 0 atom stereocenters. The van der Waals surface area contributed by atoms with Gasteiger partial charge in [-0.05, 0) is 23.8 Å². The molecule has 0 bridgehead atoms. The van der Waals surface area contributed by atoms with Gasteiger partial charge in [-0.25, -0.2) is 5.43 Å². The lowest BCUT2D eigenvalue weighted by molar-refractivity contribution is -0.123. The Bertz CT molecular complexity index is 856. The predicted octanol–water partition coefficient (Wildman–Crippen LogP) is 4.06. The molecule has 0 spiro atoms. The van der Waals surface area contributed by atoms with Crippen LogP contribution in [-0.4, -0.2) is 42.5 Å². The van der Waals surface area contributed by atoms with E-state index in [9.17, 15) is 9.90 Å². The molecule has 1 aliphatic rings. The summed E-state index contributed by atoms with van der Waals surface area (Å²) in [6, 6.07) is 10.8. The van der Waals surface area contributed by atoms with Gasteiger partial charge in [0.25, 0.3) is 5.91 Å². The number of halogens is 1. The number of phenolic OH excluding ortho intramolecular Hbond substituents is 1. The molecule has 0 radical (unpaired) electrons. The molecule has 2 N–H and O–H groups in total. The topological polar surface area (TPSA) is 80.2 Å². The minimum atomic E-state index is -0.421. The van der Waals surface area contributed by atoms with E-state index < -0.39 is 5.91 Å². The Morgan fingerprint density at radius 1 is 1.32 bits per heavy atom. The highest BCUT2D eigenvalue weighted by molar-refractivity contribution is 8.19. The highest BCUT2D eigenvalue weighted by atomic mass is 35.5. The summed E-state index contributed by atoms with van der Waals surface area (Å²) >= 11 is 9.83. The summed E-state index contributed by atoms with van der Waals surface area (Å²) in [5.74, 6) is 2.66. The first-order valence-corrected chi connectivity index (χ1v) is 10.9. The number of ether oxygens (including phenoxy) is 2. The van der Waals surface area contributed by atoms with Crippen LogP contribution in [0.3, 0.4) is 0 Å². The number of amides is 1. The molecule has 148 valence electrons. The third-order valence-corrected chi connectivity index (χ3v) is 7.15. The lowest BCUT2D eigenvalue weighted by Crippen LogP contribution is -2.24. The van der Waals surface area contributed by atoms with Crippen LogP contribution in [0.2, 0.25) is 5.02 Å². The van der Waals surface area contributed by atoms with Gasteiger partial charge in [0.2, 0.25) is 0 Å². The first-order valence-electron chi connectivity index (χ1n) is 8.41. The normalized spacial score (nSPS) is 14.4. The van der Waals surface area contributed by atoms with Crippen LogP contribution < -0.4 is 14.9 Å². The van der Waals surface area contributed by atoms with Gasteiger partial charge in [0.15, 0.2) is 18.1 Å². The summed E-state index contributed by atoms with van der Waals surface area (Å²) in [7, 11) is 1.42. The van der Waals surface area contributed by atoms with Crippen molar-refractivity contribution in [2.45, 2.75) is 4.58 Å². The number of carbonyl (C=O) groups excluding carboxylic acids is 1. The quantitative estimate of drug-likeness (QED) is 0.501. The number of nitrogens with zero attached hydrogens (tertiary/aromatic N) is 1. The molecular formula is C19H19ClN2O4S2. The van der Waals surface area contributed by atoms with E-state index >= 15 is 0 Å². The lowest BCUT2D eigenvalue weighted by atomic mass is 10.2. The molecule has 6 nitrogen and oxygen atoms in total. The van der Waals surface area contributed by atoms with Crippen LogP contribution in [0.15, 0.2) is 41.5 Å². The van der Waals surface area contributed by atoms with E-state index in [-0.39, 0.29) is 18.1 Å². The van der Waals surface area contributed by atoms with Crippen LogP contribution in [0.5, 0.6) is 17.2 Å². The van der Waals surface area contributed by atoms with Crippen LogP contribution >= 0.6 is 35.1 Å². The number of hydrogen-bond acceptors (Lipinski definition) is 7. The number of aromatic hydroxyl groups is 1. The zero-order chi connectivity index (χ0) is 19.9. The Labute approximate surface area is 176 Å². The molecule has 1 heterocycles. The fourth-order valence-electron chi connectivity index (χ4n) is 2.48. The highest BCUT2D eigenvalue weighted by Crippen LogP contribution is 2.45. The summed E-state index contributed by atoms with van der Waals surface area (Å²) in [6.45, 7) is -0.172. The maximum atomic E-state index is 11.9. The average Bonchev–Trinajstić information content (AvgIpc) is 3.24. The number of carbonyl (C=O) groups is 1. The summed E-state index contributed by atoms with van der Waals surface area (Å²) in [5.41, 5.74) is 3.92. The minimum Gasteiger partial charge on any atom is -0.504 e. The van der Waals surface area contributed by atoms with Gasteiger partial charge in [0.1, 0.15) is 5.75 Å². The maximum absolute atomic E-state index is 11.9. The van der Waals surface area contributed by atoms with E-state index in [4.69, 9.17) is 21.1 Å². The molecule has 1 fully saturated rings. The molecular weight excluding hydrogens is 420 g/mol. The van der Waals surface area contributed by atoms with Crippen molar-refractivity contribution in [3.8, 4) is 17.2 Å². The Kier molecular flexibility index (Phi) is 7.36. The number of benzene rings is 2. The summed E-state index contributed by atoms with van der Waals surface area (Å²) in [4.78, 5) is 11.9. The van der Waals surface area contributed by atoms with Crippen molar-refractivity contribution in [1.29, 1.82) is 0 Å². The van der Waals surface area contributed by atoms with E-state index in [1.807, 2.05) is 47.8 Å². The van der Waals surface area contributed by atoms with E-state index in [0.29, 0.717) is 20.9 Å². The zero-order valence-corrected chi connectivity index (χ0v) is 17.4. The molecule has 2 aromatic rings. The second kappa shape index (κ2) is 9.95. The van der Waals surface area contributed by atoms with E-state index in [1.54, 1.807) is 0 Å². The molecule has 0 saturated carbocycles. The maximum Gasteiger partial charge on any atom is 0.277 e. The number of rotatable bonds is 7. The van der Waals surface area contributed by atoms with Crippen molar-refractivity contribution in [2.24, 2.45) is 5.10 Å². The molecule has 0 unspecified atom stereocenters. The predicted molar refractivity (Wildman–Crippen MR) is 115 cm³/mol. The fourth-order valence-corrected chi connectivity index (χ4v) is 5.55. The second-order valence-electron chi connectivity index (χ2n) is 5.77. The van der Waals surface area contributed by atoms with Crippen LogP contribution in [0.25, 0.3) is 0 Å². The molecule has 0 aliphatic carbocycles. The Hall–Kier alpha value is -2.03. The number of methoxy groups -OCH3 is 1. The van der Waals surface area contributed by atoms with Crippen LogP contribution in [0.1, 0.15) is 15.7 Å². The van der Waals surface area contributed by atoms with Crippen molar-refractivity contribution in [1.82, 2.24) is 5.43 Å². The second-order valence-corrected chi connectivity index (χ2v) is 8.93. The largest absolute Gasteiger partial charge is 0.504 e. The third-order valence-electron chi connectivity index (χ3n) is 3.83. The molecule has 0 aromatic heterocycles. The Morgan fingerprint density at radius 2 is 2.04 bits per heavy atom. The first-order chi connectivity index (χ1) is 13.6. The lowest BCUT2D eigenvalue weighted by Gasteiger charge is -2.10. The number of thioether (sulfide) groups is 2. The number of nitrogens with one attached hydrogen (secondary N) is 1. The molecule has 2 aromatic carbocycles. The zero-order valence-electron chi connectivity index (χ0n) is 15.1. The SMILES string of the molecule is COc1cc(Cl)cc(/C=N\NC(=O)COc2ccc(C3SCCS3)cc2)c1O. The van der Waals surface area contributed by atoms with Crippen molar-refractivity contribution in [3.05, 3.63) is 52.5 Å². The van der Waals surface area contributed by atoms with Crippen LogP contribution in [0, 0.1) is 0 Å². The molecule has 28 heavy (non-hydrogen) atoms. The molecule has 1 amide bonds. The van der Waals surface area contributed by atoms with E-state index in [1.165, 1.54) is 42.5 Å². The summed E-state index contributed by atoms with van der Waals surface area (Å²) in [6.07, 6.45) is 1.29. The van der Waals surface area contributed by atoms with Crippen LogP contribution in [-0.2, 0) is 4.79 Å². The van der Waals surface area contributed by atoms with Gasteiger partial charge in [-0.3, -0.25) is 4.79 Å². The standard InChI is InChI=1S/C19H19ClN2O4S2/c1-25-16-9-14(20)8-13(18(16)24)10-21-22-17(23)11-26-15-4-2-12(3-5-15)19-27-6-7-28-19/h2-5,8-10,19,24H,6-7,11H2,1H3,(H,22,23)/b21-10-. The van der Waals surface area contributed by atoms with Gasteiger partial charge in [-0.1, -0.05) is 23.7 Å². The molecule has 3 rings (SSSR count). The molecule has 9 heteroatoms. The Balaban J connectivity index is 1.49. The molecule has 1 saturated heterocycles. The van der Waals surface area contributed by atoms with Crippen LogP contribution in [0.4, 0.5) is 0 Å². The average molecular weight is 439 g/mol. The summed E-state index contributed by atoms with van der Waals surface area (Å²) < 4.78 is 11.0. The van der Waals surface area contributed by atoms with Crippen molar-refractivity contribution < 1.29 is 19.4 Å². The van der Waals surface area contributed by atoms with Gasteiger partial charge in [0.05, 0.1) is 17.9 Å². The van der Waals surface area contributed by atoms with Gasteiger partial charge >= 0.3 is 0 Å². The van der Waals surface area contributed by atoms with E-state index in [0.717, 1.165) is 0 Å². The highest BCUT2D eigenvalue weighted by Gasteiger charge is 2.18. The van der Waals surface area contributed by atoms with Gasteiger partial charge < -0.3 is 14.6 Å². The van der Waals surface area contributed by atoms with Crippen molar-refractivity contribution in [3.63, 3.8) is 0 Å². The number of hydrazone groups is 1. The smallest absolute Gasteiger partial charge is 0.277 e. The fraction of sp³-hybridized carbons (Fsp3) is 0.263. The van der Waals surface area contributed by atoms with Gasteiger partial charge in [0, 0.05) is 28.2 Å². The molecule has 1 aliphatic heterocycles. The summed E-state index contributed by atoms with van der Waals surface area (Å²) in [5, 5.41) is 14.2. The number of phenols is 1. The number of hydrogen-bond donors (Lipinski definition) is 2. The van der Waals surface area contributed by atoms with Crippen molar-refractivity contribution in [2.75, 3.05) is 25.2 Å². The van der Waals surface area contributed by atoms with Crippen molar-refractivity contribution >= 4 is 47.2 Å². The van der Waals surface area contributed by atoms with Gasteiger partial charge in [-0.15, -0.1) is 23.5 Å². The minimum absolute atomic E-state index is 0.111. The Morgan fingerprint density at radius 3 is 2.71 bits per heavy atom. The first kappa shape index (κ1) is 20.7.